The van der Waals surface area contributed by atoms with Crippen LogP contribution in [0.4, 0.5) is 5.69 Å². The lowest BCUT2D eigenvalue weighted by atomic mass is 10.3. The highest BCUT2D eigenvalue weighted by Crippen LogP contribution is 2.19. The average molecular weight is 204 g/mol. The molecule has 0 amide bonds. The van der Waals surface area contributed by atoms with Gasteiger partial charge in [0.2, 0.25) is 0 Å². The van der Waals surface area contributed by atoms with Crippen LogP contribution < -0.4 is 5.32 Å². The summed E-state index contributed by atoms with van der Waals surface area (Å²) in [6.07, 6.45) is 0. The normalized spacial score (nSPS) is 10.5. The number of hydrogen-bond donors (Lipinski definition) is 1. The molecule has 1 aromatic heterocycles. The van der Waals surface area contributed by atoms with Gasteiger partial charge in [0.15, 0.2) is 11.5 Å². The highest BCUT2D eigenvalue weighted by Gasteiger charge is 2.03. The van der Waals surface area contributed by atoms with Crippen molar-refractivity contribution in [1.29, 1.82) is 0 Å². The Morgan fingerprint density at radius 2 is 2.33 bits per heavy atom. The highest BCUT2D eigenvalue weighted by molar-refractivity contribution is 5.82. The fourth-order valence-electron chi connectivity index (χ4n) is 1.38. The van der Waals surface area contributed by atoms with Gasteiger partial charge < -0.3 is 9.73 Å². The standard InChI is InChI=1S/C11H12N2O2/c1-7(14)6-12-9-3-4-10-11(5-9)15-8(2)13-10/h3-5,12H,6H2,1-2H3. The topological polar surface area (TPSA) is 55.1 Å². The number of rotatable bonds is 3. The first kappa shape index (κ1) is 9.71. The molecule has 0 fully saturated rings. The van der Waals surface area contributed by atoms with Gasteiger partial charge in [0.25, 0.3) is 0 Å². The van der Waals surface area contributed by atoms with E-state index in [1.165, 1.54) is 0 Å². The van der Waals surface area contributed by atoms with Crippen molar-refractivity contribution in [1.82, 2.24) is 4.98 Å². The second-order valence-electron chi connectivity index (χ2n) is 3.47. The Morgan fingerprint density at radius 3 is 3.07 bits per heavy atom. The quantitative estimate of drug-likeness (QED) is 0.832. The number of fused-ring (bicyclic) bond motifs is 1. The molecule has 0 aliphatic carbocycles. The first-order valence-corrected chi connectivity index (χ1v) is 4.75. The molecular weight excluding hydrogens is 192 g/mol. The molecule has 1 heterocycles. The molecule has 1 N–H and O–H groups in total. The summed E-state index contributed by atoms with van der Waals surface area (Å²) in [4.78, 5) is 15.0. The van der Waals surface area contributed by atoms with E-state index in [1.807, 2.05) is 25.1 Å². The van der Waals surface area contributed by atoms with Crippen molar-refractivity contribution in [2.24, 2.45) is 0 Å². The number of aryl methyl sites for hydroxylation is 1. The van der Waals surface area contributed by atoms with Crippen molar-refractivity contribution in [3.8, 4) is 0 Å². The Morgan fingerprint density at radius 1 is 1.53 bits per heavy atom. The van der Waals surface area contributed by atoms with Crippen molar-refractivity contribution >= 4 is 22.6 Å². The maximum Gasteiger partial charge on any atom is 0.192 e. The SMILES string of the molecule is CC(=O)CNc1ccc2nc(C)oc2c1. The molecule has 4 nitrogen and oxygen atoms in total. The number of ketones is 1. The molecule has 0 bridgehead atoms. The minimum absolute atomic E-state index is 0.101. The number of nitrogens with one attached hydrogen (secondary N) is 1. The zero-order valence-corrected chi connectivity index (χ0v) is 8.70. The molecule has 2 rings (SSSR count). The van der Waals surface area contributed by atoms with Gasteiger partial charge in [0.1, 0.15) is 11.3 Å². The number of hydrogen-bond acceptors (Lipinski definition) is 4. The van der Waals surface area contributed by atoms with Crippen molar-refractivity contribution in [2.75, 3.05) is 11.9 Å². The number of oxazole rings is 1. The van der Waals surface area contributed by atoms with E-state index >= 15 is 0 Å². The Balaban J connectivity index is 2.26. The zero-order valence-electron chi connectivity index (χ0n) is 8.70. The van der Waals surface area contributed by atoms with Crippen molar-refractivity contribution in [3.63, 3.8) is 0 Å². The number of aromatic nitrogens is 1. The molecule has 0 unspecified atom stereocenters. The van der Waals surface area contributed by atoms with Gasteiger partial charge in [-0.15, -0.1) is 0 Å². The Kier molecular flexibility index (Phi) is 2.41. The second kappa shape index (κ2) is 3.73. The first-order chi connectivity index (χ1) is 7.15. The molecule has 0 saturated carbocycles. The van der Waals surface area contributed by atoms with Gasteiger partial charge >= 0.3 is 0 Å². The smallest absolute Gasteiger partial charge is 0.192 e. The van der Waals surface area contributed by atoms with Crippen LogP contribution in [-0.4, -0.2) is 17.3 Å². The third-order valence-corrected chi connectivity index (χ3v) is 2.04. The number of nitrogens with zero attached hydrogens (tertiary/aromatic N) is 1. The predicted molar refractivity (Wildman–Crippen MR) is 57.9 cm³/mol. The second-order valence-corrected chi connectivity index (χ2v) is 3.47. The molecule has 0 radical (unpaired) electrons. The summed E-state index contributed by atoms with van der Waals surface area (Å²) < 4.78 is 5.38. The van der Waals surface area contributed by atoms with Gasteiger partial charge in [0.05, 0.1) is 6.54 Å². The van der Waals surface area contributed by atoms with Gasteiger partial charge in [-0.3, -0.25) is 4.79 Å². The van der Waals surface area contributed by atoms with Crippen LogP contribution in [0, 0.1) is 6.92 Å². The lowest BCUT2D eigenvalue weighted by molar-refractivity contribution is -0.115. The van der Waals surface area contributed by atoms with Crippen LogP contribution in [0.25, 0.3) is 11.1 Å². The van der Waals surface area contributed by atoms with Gasteiger partial charge in [-0.05, 0) is 19.1 Å². The lowest BCUT2D eigenvalue weighted by Crippen LogP contribution is -2.09. The maximum absolute atomic E-state index is 10.8. The molecular formula is C11H12N2O2. The third kappa shape index (κ3) is 2.15. The number of carbonyl (C=O) groups is 1. The maximum atomic E-state index is 10.8. The molecule has 4 heteroatoms. The molecule has 1 aromatic carbocycles. The van der Waals surface area contributed by atoms with Crippen LogP contribution in [0.1, 0.15) is 12.8 Å². The van der Waals surface area contributed by atoms with E-state index < -0.39 is 0 Å². The molecule has 78 valence electrons. The van der Waals surface area contributed by atoms with Crippen LogP contribution in [0.2, 0.25) is 0 Å². The van der Waals surface area contributed by atoms with E-state index in [9.17, 15) is 4.79 Å². The van der Waals surface area contributed by atoms with E-state index in [2.05, 4.69) is 10.3 Å². The van der Waals surface area contributed by atoms with Gasteiger partial charge in [-0.2, -0.15) is 0 Å². The summed E-state index contributed by atoms with van der Waals surface area (Å²) in [7, 11) is 0. The van der Waals surface area contributed by atoms with Crippen LogP contribution in [0.15, 0.2) is 22.6 Å². The van der Waals surface area contributed by atoms with E-state index in [0.717, 1.165) is 16.8 Å². The molecule has 0 spiro atoms. The van der Waals surface area contributed by atoms with Crippen LogP contribution in [-0.2, 0) is 4.79 Å². The fourth-order valence-corrected chi connectivity index (χ4v) is 1.38. The molecule has 0 aliphatic heterocycles. The largest absolute Gasteiger partial charge is 0.441 e. The minimum Gasteiger partial charge on any atom is -0.441 e. The average Bonchev–Trinajstić information content (AvgIpc) is 2.53. The van der Waals surface area contributed by atoms with Gasteiger partial charge in [0, 0.05) is 18.7 Å². The summed E-state index contributed by atoms with van der Waals surface area (Å²) in [5.41, 5.74) is 2.44. The molecule has 0 saturated heterocycles. The molecule has 15 heavy (non-hydrogen) atoms. The summed E-state index contributed by atoms with van der Waals surface area (Å²) in [5, 5.41) is 3.01. The lowest BCUT2D eigenvalue weighted by Gasteiger charge is -2.02. The van der Waals surface area contributed by atoms with Crippen molar-refractivity contribution in [3.05, 3.63) is 24.1 Å². The number of benzene rings is 1. The predicted octanol–water partition coefficient (Wildman–Crippen LogP) is 2.14. The summed E-state index contributed by atoms with van der Waals surface area (Å²) in [5.74, 6) is 0.748. The number of carbonyl (C=O) groups excluding carboxylic acids is 1. The van der Waals surface area contributed by atoms with Gasteiger partial charge in [-0.1, -0.05) is 0 Å². The van der Waals surface area contributed by atoms with Crippen molar-refractivity contribution < 1.29 is 9.21 Å². The Labute approximate surface area is 87.3 Å². The fraction of sp³-hybridized carbons (Fsp3) is 0.273. The van der Waals surface area contributed by atoms with E-state index in [4.69, 9.17) is 4.42 Å². The van der Waals surface area contributed by atoms with E-state index in [1.54, 1.807) is 6.92 Å². The molecule has 0 atom stereocenters. The summed E-state index contributed by atoms with van der Waals surface area (Å²) in [6.45, 7) is 3.69. The molecule has 2 aromatic rings. The third-order valence-electron chi connectivity index (χ3n) is 2.04. The summed E-state index contributed by atoms with van der Waals surface area (Å²) >= 11 is 0. The minimum atomic E-state index is 0.101. The highest BCUT2D eigenvalue weighted by atomic mass is 16.3. The van der Waals surface area contributed by atoms with Crippen molar-refractivity contribution in [2.45, 2.75) is 13.8 Å². The molecule has 0 aliphatic rings. The van der Waals surface area contributed by atoms with Crippen LogP contribution in [0.3, 0.4) is 0 Å². The van der Waals surface area contributed by atoms with E-state index in [-0.39, 0.29) is 5.78 Å². The van der Waals surface area contributed by atoms with E-state index in [0.29, 0.717) is 12.4 Å². The monoisotopic (exact) mass is 204 g/mol. The Hall–Kier alpha value is -1.84. The number of Topliss-reactive ketones (excluding diaryl/α,β-unsaturated/α-hetero) is 1. The zero-order chi connectivity index (χ0) is 10.8. The number of anilines is 1. The first-order valence-electron chi connectivity index (χ1n) is 4.75. The van der Waals surface area contributed by atoms with Crippen LogP contribution >= 0.6 is 0 Å². The Bertz CT molecular complexity index is 502. The van der Waals surface area contributed by atoms with Crippen LogP contribution in [0.5, 0.6) is 0 Å². The summed E-state index contributed by atoms with van der Waals surface area (Å²) in [6, 6.07) is 5.60. The van der Waals surface area contributed by atoms with Gasteiger partial charge in [-0.25, -0.2) is 4.98 Å².